The van der Waals surface area contributed by atoms with E-state index < -0.39 is 19.7 Å². The lowest BCUT2D eigenvalue weighted by molar-refractivity contribution is 0.121. The molecule has 3 unspecified atom stereocenters. The molecule has 2 fully saturated rings. The standard InChI is InChI=1S/C19H40N2O2SSi/c1-17(2,3)24(22)21-16-14-20-12-11-19(16)10-9-15(13-19)23-25(7,8)18(4,5)6/h15-16,20-21H,9-14H2,1-8H3/t15?,16?,19?,24-/m1/s1. The fraction of sp³-hybridized carbons (Fsp3) is 1.00. The van der Waals surface area contributed by atoms with Gasteiger partial charge in [-0.15, -0.1) is 4.72 Å². The van der Waals surface area contributed by atoms with Crippen LogP contribution in [0.4, 0.5) is 0 Å². The Balaban J connectivity index is 2.06. The first-order valence-electron chi connectivity index (χ1n) is 9.83. The lowest BCUT2D eigenvalue weighted by atomic mass is 9.74. The molecule has 6 heteroatoms. The Bertz CT molecular complexity index is 461. The summed E-state index contributed by atoms with van der Waals surface area (Å²) >= 11 is -1.02. The van der Waals surface area contributed by atoms with Crippen LogP contribution in [0.5, 0.6) is 0 Å². The van der Waals surface area contributed by atoms with Crippen molar-refractivity contribution in [2.45, 2.75) is 102 Å². The zero-order chi connectivity index (χ0) is 19.1. The second kappa shape index (κ2) is 7.44. The third-order valence-corrected chi connectivity index (χ3v) is 12.7. The fourth-order valence-corrected chi connectivity index (χ4v) is 6.12. The fourth-order valence-electron chi connectivity index (χ4n) is 3.79. The zero-order valence-corrected chi connectivity index (χ0v) is 19.4. The molecule has 0 aromatic rings. The molecule has 2 N–H and O–H groups in total. The normalized spacial score (nSPS) is 33.0. The average molecular weight is 389 g/mol. The van der Waals surface area contributed by atoms with Crippen molar-refractivity contribution in [3.05, 3.63) is 0 Å². The molecule has 0 bridgehead atoms. The van der Waals surface area contributed by atoms with E-state index >= 15 is 0 Å². The van der Waals surface area contributed by atoms with Crippen molar-refractivity contribution >= 4 is 19.7 Å². The van der Waals surface area contributed by atoms with Crippen LogP contribution in [0.1, 0.15) is 67.2 Å². The SMILES string of the molecule is CC(C)(C)[S@@+]([O-])NC1CNCCC12CCC(O[Si](C)(C)C(C)(C)C)C2. The number of nitrogens with one attached hydrogen (secondary N) is 2. The minimum atomic E-state index is -1.73. The summed E-state index contributed by atoms with van der Waals surface area (Å²) < 4.78 is 22.6. The van der Waals surface area contributed by atoms with Crippen LogP contribution in [0, 0.1) is 5.41 Å². The molecule has 1 saturated carbocycles. The molecule has 2 rings (SSSR count). The molecule has 0 radical (unpaired) electrons. The van der Waals surface area contributed by atoms with Gasteiger partial charge in [0.15, 0.2) is 8.32 Å². The van der Waals surface area contributed by atoms with Gasteiger partial charge in [0.2, 0.25) is 0 Å². The zero-order valence-electron chi connectivity index (χ0n) is 17.6. The van der Waals surface area contributed by atoms with E-state index in [1.54, 1.807) is 0 Å². The number of hydrogen-bond acceptors (Lipinski definition) is 4. The molecule has 0 aromatic heterocycles. The van der Waals surface area contributed by atoms with Crippen molar-refractivity contribution in [2.24, 2.45) is 5.41 Å². The van der Waals surface area contributed by atoms with Gasteiger partial charge < -0.3 is 14.3 Å². The predicted octanol–water partition coefficient (Wildman–Crippen LogP) is 3.96. The lowest BCUT2D eigenvalue weighted by Crippen LogP contribution is -2.59. The van der Waals surface area contributed by atoms with Crippen LogP contribution in [0.25, 0.3) is 0 Å². The van der Waals surface area contributed by atoms with Crippen LogP contribution in [0.3, 0.4) is 0 Å². The first-order chi connectivity index (χ1) is 11.3. The van der Waals surface area contributed by atoms with E-state index in [9.17, 15) is 4.55 Å². The van der Waals surface area contributed by atoms with Crippen LogP contribution in [0.15, 0.2) is 0 Å². The monoisotopic (exact) mass is 388 g/mol. The van der Waals surface area contributed by atoms with Gasteiger partial charge in [0.1, 0.15) is 4.75 Å². The van der Waals surface area contributed by atoms with Crippen LogP contribution in [-0.4, -0.2) is 42.9 Å². The van der Waals surface area contributed by atoms with Crippen molar-refractivity contribution in [3.8, 4) is 0 Å². The quantitative estimate of drug-likeness (QED) is 0.565. The molecule has 4 nitrogen and oxygen atoms in total. The molecular weight excluding hydrogens is 348 g/mol. The van der Waals surface area contributed by atoms with Crippen molar-refractivity contribution in [3.63, 3.8) is 0 Å². The summed E-state index contributed by atoms with van der Waals surface area (Å²) in [6.07, 6.45) is 4.97. The third kappa shape index (κ3) is 5.02. The average Bonchev–Trinajstić information content (AvgIpc) is 2.82. The minimum Gasteiger partial charge on any atom is -0.598 e. The summed E-state index contributed by atoms with van der Waals surface area (Å²) in [7, 11) is -1.73. The number of piperidine rings is 1. The Morgan fingerprint density at radius 2 is 1.80 bits per heavy atom. The Kier molecular flexibility index (Phi) is 6.46. The molecule has 1 aliphatic carbocycles. The highest BCUT2D eigenvalue weighted by atomic mass is 32.2. The van der Waals surface area contributed by atoms with Crippen LogP contribution in [0.2, 0.25) is 18.1 Å². The van der Waals surface area contributed by atoms with Gasteiger partial charge in [0.05, 0.1) is 6.04 Å². The second-order valence-electron chi connectivity index (χ2n) is 10.6. The van der Waals surface area contributed by atoms with Crippen molar-refractivity contribution in [1.82, 2.24) is 10.0 Å². The summed E-state index contributed by atoms with van der Waals surface area (Å²) in [6, 6.07) is 0.273. The minimum absolute atomic E-state index is 0.228. The Morgan fingerprint density at radius 1 is 1.16 bits per heavy atom. The van der Waals surface area contributed by atoms with Gasteiger partial charge in [-0.05, 0) is 76.5 Å². The molecule has 0 aromatic carbocycles. The van der Waals surface area contributed by atoms with Gasteiger partial charge in [-0.1, -0.05) is 20.8 Å². The van der Waals surface area contributed by atoms with Crippen molar-refractivity contribution in [2.75, 3.05) is 13.1 Å². The molecule has 148 valence electrons. The summed E-state index contributed by atoms with van der Waals surface area (Å²) in [5.41, 5.74) is 0.235. The van der Waals surface area contributed by atoms with E-state index in [2.05, 4.69) is 43.9 Å². The van der Waals surface area contributed by atoms with Gasteiger partial charge in [-0.25, -0.2) is 0 Å². The lowest BCUT2D eigenvalue weighted by Gasteiger charge is -2.44. The van der Waals surface area contributed by atoms with E-state index in [4.69, 9.17) is 4.43 Å². The van der Waals surface area contributed by atoms with E-state index in [1.165, 1.54) is 6.42 Å². The van der Waals surface area contributed by atoms with E-state index in [-0.39, 0.29) is 21.2 Å². The highest BCUT2D eigenvalue weighted by Gasteiger charge is 2.51. The Labute approximate surface area is 159 Å². The predicted molar refractivity (Wildman–Crippen MR) is 111 cm³/mol. The Hall–Kier alpha value is 0.407. The van der Waals surface area contributed by atoms with E-state index in [0.29, 0.717) is 6.10 Å². The first-order valence-corrected chi connectivity index (χ1v) is 13.9. The molecular formula is C19H40N2O2SSi. The number of rotatable bonds is 4. The maximum atomic E-state index is 12.7. The van der Waals surface area contributed by atoms with Crippen LogP contribution < -0.4 is 10.0 Å². The molecule has 1 aliphatic heterocycles. The largest absolute Gasteiger partial charge is 0.598 e. The van der Waals surface area contributed by atoms with Gasteiger partial charge >= 0.3 is 0 Å². The Morgan fingerprint density at radius 3 is 2.36 bits per heavy atom. The van der Waals surface area contributed by atoms with Gasteiger partial charge in [0.25, 0.3) is 0 Å². The molecule has 1 heterocycles. The number of hydrogen-bond donors (Lipinski definition) is 2. The van der Waals surface area contributed by atoms with Gasteiger partial charge in [0, 0.05) is 24.0 Å². The molecule has 2 aliphatic rings. The smallest absolute Gasteiger partial charge is 0.192 e. The maximum Gasteiger partial charge on any atom is 0.192 e. The molecule has 4 atom stereocenters. The molecule has 0 amide bonds. The molecule has 1 spiro atoms. The van der Waals surface area contributed by atoms with Crippen LogP contribution >= 0.6 is 0 Å². The van der Waals surface area contributed by atoms with Crippen molar-refractivity contribution in [1.29, 1.82) is 0 Å². The summed E-state index contributed by atoms with van der Waals surface area (Å²) in [4.78, 5) is 0. The van der Waals surface area contributed by atoms with E-state index in [0.717, 1.165) is 32.4 Å². The second-order valence-corrected chi connectivity index (χ2v) is 17.4. The van der Waals surface area contributed by atoms with Gasteiger partial charge in [-0.2, -0.15) is 0 Å². The molecule has 25 heavy (non-hydrogen) atoms. The molecule has 1 saturated heterocycles. The van der Waals surface area contributed by atoms with Crippen LogP contribution in [-0.2, 0) is 15.8 Å². The maximum absolute atomic E-state index is 12.7. The summed E-state index contributed by atoms with van der Waals surface area (Å²) in [5.74, 6) is 0. The highest BCUT2D eigenvalue weighted by molar-refractivity contribution is 7.90. The van der Waals surface area contributed by atoms with Crippen molar-refractivity contribution < 1.29 is 8.98 Å². The topological polar surface area (TPSA) is 56.3 Å². The summed E-state index contributed by atoms with van der Waals surface area (Å²) in [6.45, 7) is 19.7. The van der Waals surface area contributed by atoms with E-state index in [1.807, 2.05) is 20.8 Å². The summed E-state index contributed by atoms with van der Waals surface area (Å²) in [5, 5.41) is 3.75. The van der Waals surface area contributed by atoms with Gasteiger partial charge in [-0.3, -0.25) is 0 Å². The first kappa shape index (κ1) is 21.7. The highest BCUT2D eigenvalue weighted by Crippen LogP contribution is 2.49. The third-order valence-electron chi connectivity index (χ3n) is 6.56.